The molecular weight excluding hydrogens is 474 g/mol. The zero-order valence-corrected chi connectivity index (χ0v) is 20.8. The summed E-state index contributed by atoms with van der Waals surface area (Å²) in [7, 11) is 3.22. The molecule has 6 nitrogen and oxygen atoms in total. The molecule has 0 unspecified atom stereocenters. The quantitative estimate of drug-likeness (QED) is 0.156. The molecule has 170 valence electrons. The molecule has 0 bridgehead atoms. The summed E-state index contributed by atoms with van der Waals surface area (Å²) in [5.74, 6) is 2.08. The molecule has 3 aromatic heterocycles. The third-order valence-electron chi connectivity index (χ3n) is 5.18. The van der Waals surface area contributed by atoms with Gasteiger partial charge in [0.05, 0.1) is 25.7 Å². The van der Waals surface area contributed by atoms with E-state index in [4.69, 9.17) is 19.7 Å². The number of nitrogens with zero attached hydrogens (tertiary/aromatic N) is 3. The van der Waals surface area contributed by atoms with Crippen LogP contribution in [0.25, 0.3) is 20.7 Å². The van der Waals surface area contributed by atoms with Crippen molar-refractivity contribution in [3.8, 4) is 28.0 Å². The Hall–Kier alpha value is -2.80. The van der Waals surface area contributed by atoms with Crippen molar-refractivity contribution in [2.45, 2.75) is 31.0 Å². The van der Waals surface area contributed by atoms with Gasteiger partial charge >= 0.3 is 0 Å². The summed E-state index contributed by atoms with van der Waals surface area (Å²) >= 11 is 4.66. The lowest BCUT2D eigenvalue weighted by Gasteiger charge is -2.13. The number of thiophene rings is 2. The first-order chi connectivity index (χ1) is 16.2. The summed E-state index contributed by atoms with van der Waals surface area (Å²) < 4.78 is 12.5. The highest BCUT2D eigenvalue weighted by Crippen LogP contribution is 2.35. The molecule has 0 aliphatic carbocycles. The van der Waals surface area contributed by atoms with Gasteiger partial charge in [0.1, 0.15) is 4.83 Å². The SMILES string of the molecule is COc1ccc(CCn2c(SCCCC#N)nc3scc(-c4cccs4)c3c2=O)cc1OC. The summed E-state index contributed by atoms with van der Waals surface area (Å²) in [5.41, 5.74) is 1.97. The standard InChI is InChI=1S/C24H23N3O3S3/c1-29-18-8-7-16(14-19(18)30-2)9-11-27-23(28)21-17(20-6-5-13-31-20)15-33-22(21)26-24(27)32-12-4-3-10-25/h5-8,13-15H,3-4,9,11-12H2,1-2H3. The Labute approximate surface area is 204 Å². The van der Waals surface area contributed by atoms with E-state index in [0.29, 0.717) is 41.4 Å². The van der Waals surface area contributed by atoms with Crippen LogP contribution in [0.5, 0.6) is 11.5 Å². The Morgan fingerprint density at radius 2 is 2.03 bits per heavy atom. The first-order valence-electron chi connectivity index (χ1n) is 10.4. The maximum absolute atomic E-state index is 13.7. The van der Waals surface area contributed by atoms with Crippen molar-refractivity contribution in [2.24, 2.45) is 0 Å². The molecule has 0 saturated carbocycles. The highest BCUT2D eigenvalue weighted by atomic mass is 32.2. The Kier molecular flexibility index (Phi) is 7.70. The number of nitriles is 1. The fourth-order valence-electron chi connectivity index (χ4n) is 3.52. The van der Waals surface area contributed by atoms with Crippen LogP contribution in [-0.2, 0) is 13.0 Å². The molecule has 1 aromatic carbocycles. The lowest BCUT2D eigenvalue weighted by Crippen LogP contribution is -2.24. The van der Waals surface area contributed by atoms with Crippen molar-refractivity contribution < 1.29 is 9.47 Å². The van der Waals surface area contributed by atoms with E-state index in [9.17, 15) is 4.79 Å². The normalized spacial score (nSPS) is 10.9. The molecular formula is C24H23N3O3S3. The summed E-state index contributed by atoms with van der Waals surface area (Å²) in [5, 5.41) is 14.3. The molecule has 9 heteroatoms. The first-order valence-corrected chi connectivity index (χ1v) is 13.2. The van der Waals surface area contributed by atoms with Gasteiger partial charge in [0.25, 0.3) is 5.56 Å². The van der Waals surface area contributed by atoms with E-state index >= 15 is 0 Å². The number of hydrogen-bond donors (Lipinski definition) is 0. The van der Waals surface area contributed by atoms with Crippen molar-refractivity contribution in [1.82, 2.24) is 9.55 Å². The van der Waals surface area contributed by atoms with Gasteiger partial charge in [-0.05, 0) is 42.0 Å². The van der Waals surface area contributed by atoms with E-state index in [1.165, 1.54) is 23.1 Å². The van der Waals surface area contributed by atoms with Crippen LogP contribution in [-0.4, -0.2) is 29.5 Å². The molecule has 0 aliphatic heterocycles. The van der Waals surface area contributed by atoms with Crippen molar-refractivity contribution in [2.75, 3.05) is 20.0 Å². The molecule has 3 heterocycles. The molecule has 0 aliphatic rings. The van der Waals surface area contributed by atoms with Gasteiger partial charge in [-0.2, -0.15) is 5.26 Å². The van der Waals surface area contributed by atoms with E-state index in [2.05, 4.69) is 6.07 Å². The number of unbranched alkanes of at least 4 members (excludes halogenated alkanes) is 1. The monoisotopic (exact) mass is 497 g/mol. The number of aromatic nitrogens is 2. The number of methoxy groups -OCH3 is 2. The van der Waals surface area contributed by atoms with Crippen molar-refractivity contribution in [1.29, 1.82) is 5.26 Å². The van der Waals surface area contributed by atoms with Crippen molar-refractivity contribution in [3.05, 3.63) is 57.0 Å². The zero-order chi connectivity index (χ0) is 23.2. The largest absolute Gasteiger partial charge is 0.493 e. The summed E-state index contributed by atoms with van der Waals surface area (Å²) in [6, 6.07) is 12.0. The summed E-state index contributed by atoms with van der Waals surface area (Å²) in [6.45, 7) is 0.498. The maximum atomic E-state index is 13.7. The molecule has 0 saturated heterocycles. The number of benzene rings is 1. The molecule has 0 amide bonds. The number of ether oxygens (including phenoxy) is 2. The second-order valence-corrected chi connectivity index (χ2v) is 10.1. The van der Waals surface area contributed by atoms with Gasteiger partial charge in [-0.1, -0.05) is 23.9 Å². The molecule has 0 radical (unpaired) electrons. The molecule has 33 heavy (non-hydrogen) atoms. The second kappa shape index (κ2) is 10.9. The van der Waals surface area contributed by atoms with Crippen LogP contribution in [0.2, 0.25) is 0 Å². The smallest absolute Gasteiger partial charge is 0.263 e. The predicted octanol–water partition coefficient (Wildman–Crippen LogP) is 5.84. The number of aryl methyl sites for hydroxylation is 1. The van der Waals surface area contributed by atoms with Crippen LogP contribution in [0, 0.1) is 11.3 Å². The molecule has 0 N–H and O–H groups in total. The summed E-state index contributed by atoms with van der Waals surface area (Å²) in [4.78, 5) is 20.4. The minimum Gasteiger partial charge on any atom is -0.493 e. The molecule has 4 rings (SSSR count). The van der Waals surface area contributed by atoms with E-state index in [1.807, 2.05) is 41.1 Å². The van der Waals surface area contributed by atoms with Crippen molar-refractivity contribution in [3.63, 3.8) is 0 Å². The van der Waals surface area contributed by atoms with Gasteiger partial charge in [-0.25, -0.2) is 4.98 Å². The van der Waals surface area contributed by atoms with Gasteiger partial charge in [0.2, 0.25) is 0 Å². The van der Waals surface area contributed by atoms with Gasteiger partial charge < -0.3 is 9.47 Å². The van der Waals surface area contributed by atoms with E-state index in [1.54, 1.807) is 30.1 Å². The predicted molar refractivity (Wildman–Crippen MR) is 136 cm³/mol. The molecule has 0 spiro atoms. The van der Waals surface area contributed by atoms with E-state index in [0.717, 1.165) is 33.0 Å². The van der Waals surface area contributed by atoms with Crippen LogP contribution in [0.4, 0.5) is 0 Å². The number of rotatable bonds is 10. The fourth-order valence-corrected chi connectivity index (χ4v) is 6.28. The van der Waals surface area contributed by atoms with Gasteiger partial charge in [0, 0.05) is 34.5 Å². The highest BCUT2D eigenvalue weighted by Gasteiger charge is 2.18. The number of fused-ring (bicyclic) bond motifs is 1. The first kappa shape index (κ1) is 23.4. The minimum atomic E-state index is -0.0205. The van der Waals surface area contributed by atoms with Crippen molar-refractivity contribution >= 4 is 44.7 Å². The summed E-state index contributed by atoms with van der Waals surface area (Å²) in [6.07, 6.45) is 1.90. The minimum absolute atomic E-state index is 0.0205. The van der Waals surface area contributed by atoms with Crippen LogP contribution < -0.4 is 15.0 Å². The average molecular weight is 498 g/mol. The second-order valence-electron chi connectivity index (χ2n) is 7.21. The van der Waals surface area contributed by atoms with E-state index in [-0.39, 0.29) is 5.56 Å². The molecule has 0 atom stereocenters. The topological polar surface area (TPSA) is 77.1 Å². The molecule has 0 fully saturated rings. The van der Waals surface area contributed by atoms with Crippen LogP contribution in [0.15, 0.2) is 51.0 Å². The van der Waals surface area contributed by atoms with E-state index < -0.39 is 0 Å². The van der Waals surface area contributed by atoms with Gasteiger partial charge in [-0.15, -0.1) is 22.7 Å². The third-order valence-corrected chi connectivity index (χ3v) is 8.02. The fraction of sp³-hybridized carbons (Fsp3) is 0.292. The van der Waals surface area contributed by atoms with Crippen LogP contribution >= 0.6 is 34.4 Å². The molecule has 4 aromatic rings. The Morgan fingerprint density at radius 1 is 1.18 bits per heavy atom. The average Bonchev–Trinajstić information content (AvgIpc) is 3.51. The highest BCUT2D eigenvalue weighted by molar-refractivity contribution is 7.99. The lowest BCUT2D eigenvalue weighted by atomic mass is 10.1. The lowest BCUT2D eigenvalue weighted by molar-refractivity contribution is 0.354. The zero-order valence-electron chi connectivity index (χ0n) is 18.4. The van der Waals surface area contributed by atoms with Gasteiger partial charge in [-0.3, -0.25) is 9.36 Å². The van der Waals surface area contributed by atoms with Crippen LogP contribution in [0.1, 0.15) is 18.4 Å². The Bertz CT molecular complexity index is 1340. The number of thioether (sulfide) groups is 1. The third kappa shape index (κ3) is 5.08. The van der Waals surface area contributed by atoms with Crippen LogP contribution in [0.3, 0.4) is 0 Å². The number of hydrogen-bond acceptors (Lipinski definition) is 8. The maximum Gasteiger partial charge on any atom is 0.263 e. The Morgan fingerprint density at radius 3 is 2.76 bits per heavy atom. The Balaban J connectivity index is 1.70. The van der Waals surface area contributed by atoms with Gasteiger partial charge in [0.15, 0.2) is 16.7 Å².